The molecule has 9 nitrogen and oxygen atoms in total. The molecule has 10 heteroatoms. The van der Waals surface area contributed by atoms with Crippen LogP contribution in [0.4, 0.5) is 5.69 Å². The minimum Gasteiger partial charge on any atom is -0.486 e. The van der Waals surface area contributed by atoms with Gasteiger partial charge in [0.1, 0.15) is 18.8 Å². The number of carbonyl (C=O) groups excluding carboxylic acids is 2. The normalized spacial score (nSPS) is 17.7. The first-order valence-corrected chi connectivity index (χ1v) is 13.2. The SMILES string of the molecule is CC(=O)N1CCc2cc(S(=O)(=O)N[C@@H](CC(C)C)C(=O)NC[C@@H]3COc4ccccc4O3)ccc21. The fourth-order valence-corrected chi connectivity index (χ4v) is 5.57. The van der Waals surface area contributed by atoms with Crippen LogP contribution in [-0.2, 0) is 26.0 Å². The van der Waals surface area contributed by atoms with Crippen LogP contribution in [0, 0.1) is 5.92 Å². The fourth-order valence-electron chi connectivity index (χ4n) is 4.31. The van der Waals surface area contributed by atoms with Crippen LogP contribution in [0.2, 0.25) is 0 Å². The maximum atomic E-state index is 13.2. The molecule has 0 bridgehead atoms. The molecule has 2 aromatic rings. The van der Waals surface area contributed by atoms with Crippen LogP contribution in [0.5, 0.6) is 11.5 Å². The van der Waals surface area contributed by atoms with Crippen molar-refractivity contribution in [1.82, 2.24) is 10.0 Å². The maximum Gasteiger partial charge on any atom is 0.241 e. The summed E-state index contributed by atoms with van der Waals surface area (Å²) in [5.41, 5.74) is 1.52. The Bertz CT molecular complexity index is 1210. The second-order valence-corrected chi connectivity index (χ2v) is 11.0. The molecule has 0 saturated carbocycles. The highest BCUT2D eigenvalue weighted by Gasteiger charge is 2.30. The van der Waals surface area contributed by atoms with E-state index in [4.69, 9.17) is 9.47 Å². The van der Waals surface area contributed by atoms with Gasteiger partial charge in [-0.15, -0.1) is 0 Å². The lowest BCUT2D eigenvalue weighted by atomic mass is 10.0. The third-order valence-electron chi connectivity index (χ3n) is 6.03. The topological polar surface area (TPSA) is 114 Å². The molecule has 35 heavy (non-hydrogen) atoms. The van der Waals surface area contributed by atoms with Crippen molar-refractivity contribution in [2.45, 2.75) is 50.7 Å². The van der Waals surface area contributed by atoms with E-state index in [1.54, 1.807) is 23.1 Å². The number of fused-ring (bicyclic) bond motifs is 2. The second kappa shape index (κ2) is 10.2. The quantitative estimate of drug-likeness (QED) is 0.574. The Labute approximate surface area is 205 Å². The second-order valence-electron chi connectivity index (χ2n) is 9.26. The summed E-state index contributed by atoms with van der Waals surface area (Å²) in [6, 6.07) is 11.1. The first-order valence-electron chi connectivity index (χ1n) is 11.7. The molecule has 0 aliphatic carbocycles. The lowest BCUT2D eigenvalue weighted by Gasteiger charge is -2.27. The summed E-state index contributed by atoms with van der Waals surface area (Å²) in [5.74, 6) is 0.841. The van der Waals surface area contributed by atoms with Crippen molar-refractivity contribution < 1.29 is 27.5 Å². The molecule has 0 saturated heterocycles. The Balaban J connectivity index is 1.43. The average Bonchev–Trinajstić information content (AvgIpc) is 3.25. The Morgan fingerprint density at radius 3 is 2.60 bits per heavy atom. The molecule has 0 fully saturated rings. The van der Waals surface area contributed by atoms with Crippen LogP contribution in [0.3, 0.4) is 0 Å². The predicted molar refractivity (Wildman–Crippen MR) is 131 cm³/mol. The molecule has 2 aromatic carbocycles. The minimum absolute atomic E-state index is 0.0730. The van der Waals surface area contributed by atoms with E-state index in [0.717, 1.165) is 11.3 Å². The van der Waals surface area contributed by atoms with Gasteiger partial charge in [0.05, 0.1) is 11.4 Å². The number of nitrogens with zero attached hydrogens (tertiary/aromatic N) is 1. The number of carbonyl (C=O) groups is 2. The van der Waals surface area contributed by atoms with Crippen LogP contribution >= 0.6 is 0 Å². The fraction of sp³-hybridized carbons (Fsp3) is 0.440. The predicted octanol–water partition coefficient (Wildman–Crippen LogP) is 2.24. The number of benzene rings is 2. The van der Waals surface area contributed by atoms with Gasteiger partial charge in [0.25, 0.3) is 0 Å². The third kappa shape index (κ3) is 5.76. The van der Waals surface area contributed by atoms with E-state index in [2.05, 4.69) is 10.0 Å². The zero-order valence-electron chi connectivity index (χ0n) is 20.1. The lowest BCUT2D eigenvalue weighted by molar-refractivity contribution is -0.123. The number of ether oxygens (including phenoxy) is 2. The molecule has 2 atom stereocenters. The molecule has 0 spiro atoms. The zero-order valence-corrected chi connectivity index (χ0v) is 20.9. The molecule has 2 aliphatic heterocycles. The zero-order chi connectivity index (χ0) is 25.2. The number of anilines is 1. The van der Waals surface area contributed by atoms with E-state index in [1.165, 1.54) is 13.0 Å². The Hall–Kier alpha value is -3.11. The largest absolute Gasteiger partial charge is 0.486 e. The molecule has 0 radical (unpaired) electrons. The van der Waals surface area contributed by atoms with Crippen molar-refractivity contribution in [3.8, 4) is 11.5 Å². The smallest absolute Gasteiger partial charge is 0.241 e. The Morgan fingerprint density at radius 1 is 1.14 bits per heavy atom. The molecular formula is C25H31N3O6S. The maximum absolute atomic E-state index is 13.2. The van der Waals surface area contributed by atoms with Gasteiger partial charge >= 0.3 is 0 Å². The van der Waals surface area contributed by atoms with Crippen LogP contribution in [0.25, 0.3) is 0 Å². The van der Waals surface area contributed by atoms with Crippen molar-refractivity contribution in [2.75, 3.05) is 24.6 Å². The number of para-hydroxylation sites is 2. The van der Waals surface area contributed by atoms with Crippen LogP contribution in [-0.4, -0.2) is 52.1 Å². The van der Waals surface area contributed by atoms with Gasteiger partial charge in [0, 0.05) is 19.2 Å². The van der Waals surface area contributed by atoms with E-state index in [-0.39, 0.29) is 36.0 Å². The number of hydrogen-bond donors (Lipinski definition) is 2. The van der Waals surface area contributed by atoms with Gasteiger partial charge in [-0.1, -0.05) is 26.0 Å². The molecule has 2 amide bonds. The van der Waals surface area contributed by atoms with E-state index in [9.17, 15) is 18.0 Å². The summed E-state index contributed by atoms with van der Waals surface area (Å²) in [7, 11) is -3.96. The van der Waals surface area contributed by atoms with Crippen molar-refractivity contribution in [3.05, 3.63) is 48.0 Å². The van der Waals surface area contributed by atoms with Crippen LogP contribution in [0.1, 0.15) is 32.8 Å². The summed E-state index contributed by atoms with van der Waals surface area (Å²) in [6.45, 7) is 6.33. The van der Waals surface area contributed by atoms with Crippen molar-refractivity contribution in [2.24, 2.45) is 5.92 Å². The van der Waals surface area contributed by atoms with Gasteiger partial charge in [0.2, 0.25) is 21.8 Å². The molecule has 2 heterocycles. The van der Waals surface area contributed by atoms with Gasteiger partial charge in [-0.05, 0) is 54.7 Å². The van der Waals surface area contributed by atoms with Crippen LogP contribution in [0.15, 0.2) is 47.4 Å². The molecule has 4 rings (SSSR count). The van der Waals surface area contributed by atoms with E-state index < -0.39 is 22.0 Å². The Morgan fingerprint density at radius 2 is 1.89 bits per heavy atom. The monoisotopic (exact) mass is 501 g/mol. The summed E-state index contributed by atoms with van der Waals surface area (Å²) in [4.78, 5) is 26.5. The van der Waals surface area contributed by atoms with E-state index >= 15 is 0 Å². The van der Waals surface area contributed by atoms with Gasteiger partial charge in [-0.3, -0.25) is 9.59 Å². The summed E-state index contributed by atoms with van der Waals surface area (Å²) >= 11 is 0. The standard InChI is InChI=1S/C25H31N3O6S/c1-16(2)12-21(25(30)26-14-19-15-33-23-6-4-5-7-24(23)34-19)27-35(31,32)20-8-9-22-18(13-20)10-11-28(22)17(3)29/h4-9,13,16,19,21,27H,10-12,14-15H2,1-3H3,(H,26,30)/t19-,21+/m1/s1. The van der Waals surface area contributed by atoms with Gasteiger partial charge in [0.15, 0.2) is 11.5 Å². The first kappa shape index (κ1) is 25.0. The molecule has 2 N–H and O–H groups in total. The summed E-state index contributed by atoms with van der Waals surface area (Å²) in [6.07, 6.45) is 0.533. The number of sulfonamides is 1. The minimum atomic E-state index is -3.96. The molecule has 188 valence electrons. The summed E-state index contributed by atoms with van der Waals surface area (Å²) in [5, 5.41) is 2.81. The van der Waals surface area contributed by atoms with Gasteiger partial charge < -0.3 is 19.7 Å². The van der Waals surface area contributed by atoms with Gasteiger partial charge in [-0.25, -0.2) is 8.42 Å². The van der Waals surface area contributed by atoms with E-state index in [1.807, 2.05) is 32.0 Å². The highest BCUT2D eigenvalue weighted by molar-refractivity contribution is 7.89. The lowest BCUT2D eigenvalue weighted by Crippen LogP contribution is -2.50. The average molecular weight is 502 g/mol. The van der Waals surface area contributed by atoms with Crippen molar-refractivity contribution in [1.29, 1.82) is 0 Å². The number of amides is 2. The Kier molecular flexibility index (Phi) is 7.32. The number of nitrogens with one attached hydrogen (secondary N) is 2. The molecule has 2 aliphatic rings. The molecule has 0 unspecified atom stereocenters. The molecular weight excluding hydrogens is 470 g/mol. The highest BCUT2D eigenvalue weighted by Crippen LogP contribution is 2.31. The first-order chi connectivity index (χ1) is 16.6. The molecule has 0 aromatic heterocycles. The summed E-state index contributed by atoms with van der Waals surface area (Å²) < 4.78 is 40.5. The highest BCUT2D eigenvalue weighted by atomic mass is 32.2. The van der Waals surface area contributed by atoms with Crippen molar-refractivity contribution in [3.63, 3.8) is 0 Å². The van der Waals surface area contributed by atoms with Crippen LogP contribution < -0.4 is 24.4 Å². The van der Waals surface area contributed by atoms with E-state index in [0.29, 0.717) is 30.9 Å². The van der Waals surface area contributed by atoms with Gasteiger partial charge in [-0.2, -0.15) is 4.72 Å². The van der Waals surface area contributed by atoms with Crippen molar-refractivity contribution >= 4 is 27.5 Å². The number of rotatable bonds is 8. The third-order valence-corrected chi connectivity index (χ3v) is 7.50. The number of hydrogen-bond acceptors (Lipinski definition) is 6.